The second-order valence-corrected chi connectivity index (χ2v) is 1.67. The fourth-order valence-electron chi connectivity index (χ4n) is 0.484. The fraction of sp³-hybridized carbons (Fsp3) is 0. The SMILES string of the molecule is [B]c1c(O)[nH]c(=O)[nH]c1=O. The number of aromatic nitrogens is 2. The van der Waals surface area contributed by atoms with Crippen LogP contribution >= 0.6 is 0 Å². The molecule has 50 valence electrons. The molecule has 0 fully saturated rings. The highest BCUT2D eigenvalue weighted by Gasteiger charge is 1.99. The Morgan fingerprint density at radius 2 is 1.90 bits per heavy atom. The van der Waals surface area contributed by atoms with Gasteiger partial charge in [-0.05, 0) is 0 Å². The van der Waals surface area contributed by atoms with Crippen molar-refractivity contribution in [3.8, 4) is 5.88 Å². The summed E-state index contributed by atoms with van der Waals surface area (Å²) >= 11 is 0. The smallest absolute Gasteiger partial charge is 0.328 e. The molecule has 0 aliphatic carbocycles. The van der Waals surface area contributed by atoms with Crippen molar-refractivity contribution in [3.63, 3.8) is 0 Å². The number of H-pyrrole nitrogens is 2. The summed E-state index contributed by atoms with van der Waals surface area (Å²) in [5.41, 5.74) is -1.96. The van der Waals surface area contributed by atoms with Gasteiger partial charge in [-0.2, -0.15) is 0 Å². The van der Waals surface area contributed by atoms with Crippen molar-refractivity contribution in [2.24, 2.45) is 0 Å². The van der Waals surface area contributed by atoms with Crippen LogP contribution in [0.4, 0.5) is 0 Å². The lowest BCUT2D eigenvalue weighted by Crippen LogP contribution is -2.35. The van der Waals surface area contributed by atoms with E-state index in [2.05, 4.69) is 0 Å². The van der Waals surface area contributed by atoms with Crippen LogP contribution in [0.2, 0.25) is 0 Å². The summed E-state index contributed by atoms with van der Waals surface area (Å²) < 4.78 is 0. The zero-order valence-electron chi connectivity index (χ0n) is 4.84. The second kappa shape index (κ2) is 2.05. The van der Waals surface area contributed by atoms with Crippen LogP contribution in [0.3, 0.4) is 0 Å². The summed E-state index contributed by atoms with van der Waals surface area (Å²) in [4.78, 5) is 24.6. The van der Waals surface area contributed by atoms with Gasteiger partial charge >= 0.3 is 5.69 Å². The standard InChI is InChI=1S/C4H3BN2O3/c5-1-2(8)6-4(10)7-3(1)9/h(H3,6,7,8,9,10). The molecule has 10 heavy (non-hydrogen) atoms. The van der Waals surface area contributed by atoms with Crippen molar-refractivity contribution in [1.82, 2.24) is 9.97 Å². The van der Waals surface area contributed by atoms with Gasteiger partial charge in [0.15, 0.2) is 5.88 Å². The minimum absolute atomic E-state index is 0.389. The van der Waals surface area contributed by atoms with E-state index in [1.54, 1.807) is 0 Å². The number of hydrogen-bond donors (Lipinski definition) is 3. The van der Waals surface area contributed by atoms with E-state index in [1.807, 2.05) is 9.97 Å². The lowest BCUT2D eigenvalue weighted by molar-refractivity contribution is 0.453. The first kappa shape index (κ1) is 6.66. The molecule has 2 radical (unpaired) electrons. The Kier molecular flexibility index (Phi) is 1.37. The van der Waals surface area contributed by atoms with E-state index in [9.17, 15) is 9.59 Å². The van der Waals surface area contributed by atoms with Crippen LogP contribution in [0.5, 0.6) is 5.88 Å². The molecule has 0 aromatic carbocycles. The molecule has 0 unspecified atom stereocenters. The summed E-state index contributed by atoms with van der Waals surface area (Å²) in [6.07, 6.45) is 0. The first-order valence-electron chi connectivity index (χ1n) is 2.42. The van der Waals surface area contributed by atoms with E-state index in [1.165, 1.54) is 0 Å². The molecule has 0 saturated heterocycles. The van der Waals surface area contributed by atoms with Crippen molar-refractivity contribution in [2.75, 3.05) is 0 Å². The molecule has 5 nitrogen and oxygen atoms in total. The van der Waals surface area contributed by atoms with Crippen LogP contribution in [0, 0.1) is 0 Å². The minimum atomic E-state index is -0.791. The van der Waals surface area contributed by atoms with Gasteiger partial charge < -0.3 is 5.11 Å². The highest BCUT2D eigenvalue weighted by atomic mass is 16.3. The largest absolute Gasteiger partial charge is 0.495 e. The number of rotatable bonds is 0. The molecule has 1 aromatic rings. The van der Waals surface area contributed by atoms with Gasteiger partial charge in [-0.25, -0.2) is 4.79 Å². The van der Waals surface area contributed by atoms with Crippen molar-refractivity contribution < 1.29 is 5.11 Å². The monoisotopic (exact) mass is 138 g/mol. The van der Waals surface area contributed by atoms with E-state index < -0.39 is 17.1 Å². The van der Waals surface area contributed by atoms with Crippen LogP contribution in [-0.2, 0) is 0 Å². The molecule has 0 saturated carbocycles. The van der Waals surface area contributed by atoms with Crippen molar-refractivity contribution in [3.05, 3.63) is 20.8 Å². The van der Waals surface area contributed by atoms with Crippen molar-refractivity contribution in [2.45, 2.75) is 0 Å². The van der Waals surface area contributed by atoms with E-state index in [0.717, 1.165) is 0 Å². The van der Waals surface area contributed by atoms with E-state index in [0.29, 0.717) is 0 Å². The Balaban J connectivity index is 3.62. The van der Waals surface area contributed by atoms with E-state index in [4.69, 9.17) is 13.0 Å². The molecule has 1 rings (SSSR count). The van der Waals surface area contributed by atoms with Crippen molar-refractivity contribution in [1.29, 1.82) is 0 Å². The quantitative estimate of drug-likeness (QED) is 0.348. The molecular formula is C4H3BN2O3. The summed E-state index contributed by atoms with van der Waals surface area (Å²) in [5.74, 6) is -0.603. The lowest BCUT2D eigenvalue weighted by atomic mass is 10.00. The first-order chi connectivity index (χ1) is 4.61. The zero-order chi connectivity index (χ0) is 7.72. The van der Waals surface area contributed by atoms with Gasteiger partial charge in [-0.3, -0.25) is 14.8 Å². The van der Waals surface area contributed by atoms with Crippen LogP contribution in [0.15, 0.2) is 9.59 Å². The molecule has 1 aromatic heterocycles. The molecule has 1 heterocycles. The highest BCUT2D eigenvalue weighted by Crippen LogP contribution is 1.83. The third kappa shape index (κ3) is 0.951. The first-order valence-corrected chi connectivity index (χ1v) is 2.42. The number of aromatic amines is 2. The predicted molar refractivity (Wildman–Crippen MR) is 34.7 cm³/mol. The summed E-state index contributed by atoms with van der Waals surface area (Å²) in [6, 6.07) is 0. The lowest BCUT2D eigenvalue weighted by Gasteiger charge is -1.92. The molecule has 0 atom stereocenters. The van der Waals surface area contributed by atoms with Crippen molar-refractivity contribution >= 4 is 13.3 Å². The van der Waals surface area contributed by atoms with Crippen LogP contribution in [0.25, 0.3) is 0 Å². The molecule has 0 spiro atoms. The molecule has 0 bridgehead atoms. The zero-order valence-corrected chi connectivity index (χ0v) is 4.84. The van der Waals surface area contributed by atoms with Gasteiger partial charge in [0, 0.05) is 5.46 Å². The maximum absolute atomic E-state index is 10.5. The Bertz CT molecular complexity index is 352. The van der Waals surface area contributed by atoms with Gasteiger partial charge in [0.1, 0.15) is 7.85 Å². The maximum atomic E-state index is 10.5. The normalized spacial score (nSPS) is 9.60. The molecule has 0 aliphatic rings. The third-order valence-electron chi connectivity index (χ3n) is 0.959. The Labute approximate surface area is 56.1 Å². The summed E-state index contributed by atoms with van der Waals surface area (Å²) in [7, 11) is 4.99. The molecule has 0 amide bonds. The Morgan fingerprint density at radius 3 is 2.40 bits per heavy atom. The average molecular weight is 138 g/mol. The highest BCUT2D eigenvalue weighted by molar-refractivity contribution is 6.33. The van der Waals surface area contributed by atoms with Crippen LogP contribution < -0.4 is 16.7 Å². The number of hydrogen-bond acceptors (Lipinski definition) is 3. The van der Waals surface area contributed by atoms with E-state index in [-0.39, 0.29) is 5.46 Å². The van der Waals surface area contributed by atoms with Crippen LogP contribution in [0.1, 0.15) is 0 Å². The molecule has 6 heteroatoms. The average Bonchev–Trinajstić information content (AvgIpc) is 1.82. The minimum Gasteiger partial charge on any atom is -0.495 e. The van der Waals surface area contributed by atoms with Crippen LogP contribution in [-0.4, -0.2) is 22.9 Å². The Morgan fingerprint density at radius 1 is 1.30 bits per heavy atom. The summed E-state index contributed by atoms with van der Waals surface area (Å²) in [5, 5.41) is 8.68. The van der Waals surface area contributed by atoms with Gasteiger partial charge in [0.2, 0.25) is 5.56 Å². The van der Waals surface area contributed by atoms with Gasteiger partial charge in [-0.15, -0.1) is 0 Å². The van der Waals surface area contributed by atoms with Gasteiger partial charge in [0.05, 0.1) is 0 Å². The molecule has 3 N–H and O–H groups in total. The molecular weight excluding hydrogens is 135 g/mol. The van der Waals surface area contributed by atoms with Gasteiger partial charge in [0.25, 0.3) is 0 Å². The number of nitrogens with one attached hydrogen (secondary N) is 2. The Hall–Kier alpha value is -1.46. The number of aromatic hydroxyl groups is 1. The molecule has 0 aliphatic heterocycles. The summed E-state index contributed by atoms with van der Waals surface area (Å²) in [6.45, 7) is 0. The third-order valence-corrected chi connectivity index (χ3v) is 0.959. The van der Waals surface area contributed by atoms with E-state index >= 15 is 0 Å². The maximum Gasteiger partial charge on any atom is 0.328 e. The van der Waals surface area contributed by atoms with Gasteiger partial charge in [-0.1, -0.05) is 0 Å². The topological polar surface area (TPSA) is 85.9 Å². The second-order valence-electron chi connectivity index (χ2n) is 1.67. The fourth-order valence-corrected chi connectivity index (χ4v) is 0.484. The predicted octanol–water partition coefficient (Wildman–Crippen LogP) is -2.44.